The first-order valence-corrected chi connectivity index (χ1v) is 11.0. The third-order valence-electron chi connectivity index (χ3n) is 6.22. The Balaban J connectivity index is 1.65. The van der Waals surface area contributed by atoms with Crippen LogP contribution in [-0.2, 0) is 12.0 Å². The number of phenols is 1. The third-order valence-corrected chi connectivity index (χ3v) is 6.22. The zero-order valence-electron chi connectivity index (χ0n) is 18.9. The Labute approximate surface area is 192 Å². The Hall–Kier alpha value is -3.93. The van der Waals surface area contributed by atoms with Crippen LogP contribution in [0.4, 0.5) is 0 Å². The molecule has 0 spiro atoms. The first-order valence-electron chi connectivity index (χ1n) is 11.0. The number of aromatic nitrogens is 3. The van der Waals surface area contributed by atoms with Gasteiger partial charge >= 0.3 is 0 Å². The van der Waals surface area contributed by atoms with Crippen molar-refractivity contribution >= 4 is 5.91 Å². The van der Waals surface area contributed by atoms with Gasteiger partial charge in [0.15, 0.2) is 0 Å². The summed E-state index contributed by atoms with van der Waals surface area (Å²) < 4.78 is 0. The van der Waals surface area contributed by atoms with Crippen molar-refractivity contribution in [2.75, 3.05) is 0 Å². The summed E-state index contributed by atoms with van der Waals surface area (Å²) in [5.74, 6) is 0.0227. The number of nitrogens with one attached hydrogen (secondary N) is 1. The van der Waals surface area contributed by atoms with E-state index < -0.39 is 0 Å². The molecule has 0 saturated carbocycles. The second-order valence-corrected chi connectivity index (χ2v) is 9.44. The van der Waals surface area contributed by atoms with Crippen molar-refractivity contribution in [3.8, 4) is 17.0 Å². The van der Waals surface area contributed by atoms with Gasteiger partial charge in [0.25, 0.3) is 5.91 Å². The summed E-state index contributed by atoms with van der Waals surface area (Å²) in [5.41, 5.74) is 5.71. The number of phenolic OH excluding ortho intramolecular Hbond substituents is 1. The number of fused-ring (bicyclic) bond motifs is 1. The van der Waals surface area contributed by atoms with Gasteiger partial charge in [-0.2, -0.15) is 5.10 Å². The van der Waals surface area contributed by atoms with Crippen molar-refractivity contribution in [3.05, 3.63) is 101 Å². The molecule has 1 amide bonds. The van der Waals surface area contributed by atoms with Crippen molar-refractivity contribution in [1.82, 2.24) is 20.1 Å². The number of para-hydroxylation sites is 1. The number of rotatable bonds is 4. The fourth-order valence-electron chi connectivity index (χ4n) is 4.44. The van der Waals surface area contributed by atoms with Gasteiger partial charge in [0, 0.05) is 30.1 Å². The number of pyridine rings is 1. The molecule has 0 aliphatic carbocycles. The Morgan fingerprint density at radius 3 is 2.36 bits per heavy atom. The van der Waals surface area contributed by atoms with E-state index in [0.29, 0.717) is 23.5 Å². The number of hydrogen-bond acceptors (Lipinski definition) is 4. The predicted octanol–water partition coefficient (Wildman–Crippen LogP) is 5.22. The number of carbonyl (C=O) groups excluding carboxylic acids is 1. The normalized spacial score (nSPS) is 15.7. The van der Waals surface area contributed by atoms with Gasteiger partial charge in [-0.15, -0.1) is 0 Å². The smallest absolute Gasteiger partial charge is 0.273 e. The van der Waals surface area contributed by atoms with Gasteiger partial charge in [0.1, 0.15) is 17.1 Å². The van der Waals surface area contributed by atoms with Crippen molar-refractivity contribution in [1.29, 1.82) is 0 Å². The summed E-state index contributed by atoms with van der Waals surface area (Å²) in [7, 11) is 0. The first-order chi connectivity index (χ1) is 15.8. The zero-order valence-corrected chi connectivity index (χ0v) is 18.9. The molecule has 0 bridgehead atoms. The zero-order chi connectivity index (χ0) is 23.2. The van der Waals surface area contributed by atoms with Crippen LogP contribution in [0.3, 0.4) is 0 Å². The number of H-pyrrole nitrogens is 1. The molecule has 2 aromatic carbocycles. The highest BCUT2D eigenvalue weighted by molar-refractivity contribution is 6.00. The molecule has 2 aromatic heterocycles. The molecule has 6 heteroatoms. The lowest BCUT2D eigenvalue weighted by molar-refractivity contribution is 0.0730. The largest absolute Gasteiger partial charge is 0.507 e. The van der Waals surface area contributed by atoms with Gasteiger partial charge in [-0.25, -0.2) is 0 Å². The average Bonchev–Trinajstić information content (AvgIpc) is 3.34. The van der Waals surface area contributed by atoms with Crippen LogP contribution in [0.1, 0.15) is 59.6 Å². The maximum Gasteiger partial charge on any atom is 0.273 e. The Kier molecular flexibility index (Phi) is 5.01. The summed E-state index contributed by atoms with van der Waals surface area (Å²) in [6.07, 6.45) is 3.47. The quantitative estimate of drug-likeness (QED) is 0.458. The maximum absolute atomic E-state index is 13.5. The second kappa shape index (κ2) is 7.89. The van der Waals surface area contributed by atoms with E-state index in [1.165, 1.54) is 5.56 Å². The topological polar surface area (TPSA) is 82.1 Å². The van der Waals surface area contributed by atoms with Gasteiger partial charge < -0.3 is 10.0 Å². The van der Waals surface area contributed by atoms with Crippen LogP contribution in [0.5, 0.6) is 5.75 Å². The molecule has 2 N–H and O–H groups in total. The molecule has 0 fully saturated rings. The molecule has 5 rings (SSSR count). The number of hydrogen-bond donors (Lipinski definition) is 2. The van der Waals surface area contributed by atoms with Gasteiger partial charge in [-0.1, -0.05) is 57.2 Å². The fourth-order valence-corrected chi connectivity index (χ4v) is 4.44. The third kappa shape index (κ3) is 3.67. The predicted molar refractivity (Wildman–Crippen MR) is 127 cm³/mol. The van der Waals surface area contributed by atoms with E-state index in [9.17, 15) is 9.90 Å². The van der Waals surface area contributed by atoms with Crippen molar-refractivity contribution in [3.63, 3.8) is 0 Å². The van der Waals surface area contributed by atoms with E-state index in [-0.39, 0.29) is 23.1 Å². The van der Waals surface area contributed by atoms with Crippen LogP contribution in [0.25, 0.3) is 11.3 Å². The van der Waals surface area contributed by atoms with E-state index in [4.69, 9.17) is 0 Å². The fraction of sp³-hybridized carbons (Fsp3) is 0.222. The molecule has 1 aliphatic heterocycles. The van der Waals surface area contributed by atoms with E-state index in [0.717, 1.165) is 16.7 Å². The lowest BCUT2D eigenvalue weighted by Gasteiger charge is -2.27. The SMILES string of the molecule is CC(C)(C)c1ccc(C2c3c(-c4ccccc4O)n[nH]c3C(=O)N2Cc2ccncc2)cc1. The van der Waals surface area contributed by atoms with Crippen LogP contribution in [0.2, 0.25) is 0 Å². The Morgan fingerprint density at radius 2 is 1.70 bits per heavy atom. The molecule has 33 heavy (non-hydrogen) atoms. The molecule has 1 unspecified atom stereocenters. The highest BCUT2D eigenvalue weighted by Gasteiger charge is 2.42. The van der Waals surface area contributed by atoms with Gasteiger partial charge in [0.05, 0.1) is 6.04 Å². The Bertz CT molecular complexity index is 1300. The van der Waals surface area contributed by atoms with Crippen LogP contribution in [0.15, 0.2) is 73.1 Å². The number of aromatic amines is 1. The number of benzene rings is 2. The van der Waals surface area contributed by atoms with E-state index in [1.807, 2.05) is 29.2 Å². The molecule has 6 nitrogen and oxygen atoms in total. The highest BCUT2D eigenvalue weighted by atomic mass is 16.3. The number of amides is 1. The van der Waals surface area contributed by atoms with E-state index >= 15 is 0 Å². The van der Waals surface area contributed by atoms with Crippen LogP contribution < -0.4 is 0 Å². The van der Waals surface area contributed by atoms with Crippen LogP contribution >= 0.6 is 0 Å². The maximum atomic E-state index is 13.5. The van der Waals surface area contributed by atoms with E-state index in [2.05, 4.69) is 60.2 Å². The summed E-state index contributed by atoms with van der Waals surface area (Å²) in [6, 6.07) is 19.0. The molecule has 0 radical (unpaired) electrons. The van der Waals surface area contributed by atoms with Crippen LogP contribution in [0, 0.1) is 0 Å². The molecular weight excluding hydrogens is 412 g/mol. The summed E-state index contributed by atoms with van der Waals surface area (Å²) in [4.78, 5) is 19.5. The monoisotopic (exact) mass is 438 g/mol. The number of carbonyl (C=O) groups is 1. The minimum atomic E-state index is -0.331. The number of aromatic hydroxyl groups is 1. The summed E-state index contributed by atoms with van der Waals surface area (Å²) in [5, 5.41) is 17.9. The standard InChI is InChI=1S/C27H26N4O2/c1-27(2,3)19-10-8-18(9-11-19)25-22-23(20-6-4-5-7-21(20)32)29-30-24(22)26(33)31(25)16-17-12-14-28-15-13-17/h4-15,25,32H,16H2,1-3H3,(H,29,30). The van der Waals surface area contributed by atoms with Crippen molar-refractivity contribution in [2.24, 2.45) is 0 Å². The minimum absolute atomic E-state index is 0.0303. The molecular formula is C27H26N4O2. The molecule has 3 heterocycles. The van der Waals surface area contributed by atoms with Gasteiger partial charge in [0.2, 0.25) is 0 Å². The lowest BCUT2D eigenvalue weighted by atomic mass is 9.85. The molecule has 1 aliphatic rings. The Morgan fingerprint density at radius 1 is 1.00 bits per heavy atom. The van der Waals surface area contributed by atoms with Crippen molar-refractivity contribution in [2.45, 2.75) is 38.8 Å². The molecule has 166 valence electrons. The van der Waals surface area contributed by atoms with Crippen molar-refractivity contribution < 1.29 is 9.90 Å². The second-order valence-electron chi connectivity index (χ2n) is 9.44. The van der Waals surface area contributed by atoms with Crippen LogP contribution in [-0.4, -0.2) is 31.1 Å². The molecule has 1 atom stereocenters. The summed E-state index contributed by atoms with van der Waals surface area (Å²) >= 11 is 0. The first kappa shape index (κ1) is 20.9. The van der Waals surface area contributed by atoms with E-state index in [1.54, 1.807) is 24.5 Å². The lowest BCUT2D eigenvalue weighted by Crippen LogP contribution is -2.29. The number of nitrogens with zero attached hydrogens (tertiary/aromatic N) is 3. The average molecular weight is 439 g/mol. The molecule has 4 aromatic rings. The van der Waals surface area contributed by atoms with Gasteiger partial charge in [-0.05, 0) is 46.4 Å². The highest BCUT2D eigenvalue weighted by Crippen LogP contribution is 2.45. The minimum Gasteiger partial charge on any atom is -0.507 e. The molecule has 0 saturated heterocycles. The van der Waals surface area contributed by atoms with Gasteiger partial charge in [-0.3, -0.25) is 14.9 Å². The summed E-state index contributed by atoms with van der Waals surface area (Å²) in [6.45, 7) is 6.99.